The van der Waals surface area contributed by atoms with Crippen LogP contribution in [-0.4, -0.2) is 37.4 Å². The Hall–Kier alpha value is -2.13. The molecule has 1 aliphatic heterocycles. The number of hydrogen-bond acceptors (Lipinski definition) is 3. The monoisotopic (exact) mass is 350 g/mol. The number of rotatable bonds is 5. The van der Waals surface area contributed by atoms with E-state index < -0.39 is 0 Å². The van der Waals surface area contributed by atoms with E-state index in [1.165, 1.54) is 22.4 Å². The van der Waals surface area contributed by atoms with Gasteiger partial charge >= 0.3 is 0 Å². The van der Waals surface area contributed by atoms with Gasteiger partial charge in [0.05, 0.1) is 0 Å². The number of benzene rings is 2. The Morgan fingerprint density at radius 3 is 2.04 bits per heavy atom. The molecule has 0 saturated carbocycles. The molecule has 0 bridgehead atoms. The highest BCUT2D eigenvalue weighted by Gasteiger charge is 2.23. The molecule has 26 heavy (non-hydrogen) atoms. The molecule has 0 aromatic heterocycles. The minimum atomic E-state index is 0.442. The van der Waals surface area contributed by atoms with Crippen molar-refractivity contribution in [1.29, 1.82) is 0 Å². The summed E-state index contributed by atoms with van der Waals surface area (Å²) in [5.74, 6) is 0.580. The van der Waals surface area contributed by atoms with Crippen LogP contribution < -0.4 is 4.90 Å². The minimum absolute atomic E-state index is 0.442. The molecule has 1 fully saturated rings. The lowest BCUT2D eigenvalue weighted by atomic mass is 9.98. The van der Waals surface area contributed by atoms with E-state index in [1.807, 2.05) is 12.1 Å². The molecule has 1 saturated heterocycles. The molecule has 2 aromatic carbocycles. The first-order valence-electron chi connectivity index (χ1n) is 9.64. The highest BCUT2D eigenvalue weighted by molar-refractivity contribution is 5.77. The van der Waals surface area contributed by atoms with Crippen molar-refractivity contribution < 1.29 is 4.79 Å². The lowest BCUT2D eigenvalue weighted by Crippen LogP contribution is -2.47. The fourth-order valence-electron chi connectivity index (χ4n) is 3.83. The van der Waals surface area contributed by atoms with E-state index in [1.54, 1.807) is 0 Å². The summed E-state index contributed by atoms with van der Waals surface area (Å²) in [6.45, 7) is 13.0. The summed E-state index contributed by atoms with van der Waals surface area (Å²) >= 11 is 0. The number of carbonyl (C=O) groups excluding carboxylic acids is 1. The fourth-order valence-corrected chi connectivity index (χ4v) is 3.83. The maximum absolute atomic E-state index is 10.9. The van der Waals surface area contributed by atoms with Crippen LogP contribution in [0.3, 0.4) is 0 Å². The zero-order chi connectivity index (χ0) is 18.7. The zero-order valence-corrected chi connectivity index (χ0v) is 16.4. The number of aldehydes is 1. The predicted molar refractivity (Wildman–Crippen MR) is 109 cm³/mol. The van der Waals surface area contributed by atoms with Crippen molar-refractivity contribution in [2.24, 2.45) is 0 Å². The van der Waals surface area contributed by atoms with Gasteiger partial charge in [0.25, 0.3) is 0 Å². The van der Waals surface area contributed by atoms with E-state index >= 15 is 0 Å². The summed E-state index contributed by atoms with van der Waals surface area (Å²) in [5.41, 5.74) is 5.99. The molecule has 1 atom stereocenters. The highest BCUT2D eigenvalue weighted by Crippen LogP contribution is 2.27. The molecule has 0 N–H and O–H groups in total. The van der Waals surface area contributed by atoms with Crippen LogP contribution in [0, 0.1) is 6.92 Å². The van der Waals surface area contributed by atoms with Crippen molar-refractivity contribution in [2.45, 2.75) is 39.7 Å². The zero-order valence-electron chi connectivity index (χ0n) is 16.4. The van der Waals surface area contributed by atoms with Crippen LogP contribution in [0.1, 0.15) is 59.8 Å². The molecular weight excluding hydrogens is 320 g/mol. The first-order chi connectivity index (χ1) is 12.5. The third-order valence-corrected chi connectivity index (χ3v) is 5.65. The van der Waals surface area contributed by atoms with Gasteiger partial charge < -0.3 is 4.90 Å². The molecule has 1 heterocycles. The number of nitrogens with zero attached hydrogens (tertiary/aromatic N) is 2. The Bertz CT molecular complexity index is 743. The second kappa shape index (κ2) is 8.05. The molecule has 138 valence electrons. The summed E-state index contributed by atoms with van der Waals surface area (Å²) in [6, 6.07) is 15.5. The van der Waals surface area contributed by atoms with Crippen LogP contribution in [0.2, 0.25) is 0 Å². The Morgan fingerprint density at radius 1 is 0.885 bits per heavy atom. The first-order valence-corrected chi connectivity index (χ1v) is 9.64. The largest absolute Gasteiger partial charge is 0.369 e. The topological polar surface area (TPSA) is 23.6 Å². The number of anilines is 1. The molecule has 2 aromatic rings. The summed E-state index contributed by atoms with van der Waals surface area (Å²) < 4.78 is 0. The van der Waals surface area contributed by atoms with Crippen molar-refractivity contribution in [3.8, 4) is 0 Å². The maximum Gasteiger partial charge on any atom is 0.150 e. The summed E-state index contributed by atoms with van der Waals surface area (Å²) in [7, 11) is 0. The Morgan fingerprint density at radius 2 is 1.50 bits per heavy atom. The van der Waals surface area contributed by atoms with Crippen LogP contribution in [0.4, 0.5) is 5.69 Å². The Balaban J connectivity index is 1.63. The molecule has 0 unspecified atom stereocenters. The van der Waals surface area contributed by atoms with E-state index in [4.69, 9.17) is 0 Å². The summed E-state index contributed by atoms with van der Waals surface area (Å²) in [4.78, 5) is 15.9. The molecule has 3 nitrogen and oxygen atoms in total. The molecular formula is C23H30N2O. The van der Waals surface area contributed by atoms with Gasteiger partial charge in [-0.15, -0.1) is 0 Å². The number of piperazine rings is 1. The maximum atomic E-state index is 10.9. The van der Waals surface area contributed by atoms with Gasteiger partial charge in [-0.05, 0) is 54.7 Å². The number of aryl methyl sites for hydroxylation is 1. The van der Waals surface area contributed by atoms with Gasteiger partial charge in [-0.2, -0.15) is 0 Å². The first kappa shape index (κ1) is 18.7. The van der Waals surface area contributed by atoms with Crippen LogP contribution in [-0.2, 0) is 0 Å². The lowest BCUT2D eigenvalue weighted by Gasteiger charge is -2.40. The van der Waals surface area contributed by atoms with Crippen molar-refractivity contribution in [2.75, 3.05) is 31.1 Å². The van der Waals surface area contributed by atoms with Crippen LogP contribution >= 0.6 is 0 Å². The fraction of sp³-hybridized carbons (Fsp3) is 0.435. The van der Waals surface area contributed by atoms with Crippen molar-refractivity contribution >= 4 is 12.0 Å². The Labute approximate surface area is 157 Å². The minimum Gasteiger partial charge on any atom is -0.369 e. The average Bonchev–Trinajstić information content (AvgIpc) is 2.67. The molecule has 3 heteroatoms. The third kappa shape index (κ3) is 3.99. The van der Waals surface area contributed by atoms with Gasteiger partial charge in [0.2, 0.25) is 0 Å². The van der Waals surface area contributed by atoms with Gasteiger partial charge in [-0.25, -0.2) is 0 Å². The molecule has 0 amide bonds. The molecule has 0 radical (unpaired) electrons. The number of hydrogen-bond donors (Lipinski definition) is 0. The van der Waals surface area contributed by atoms with Crippen molar-refractivity contribution in [1.82, 2.24) is 4.90 Å². The Kier molecular flexibility index (Phi) is 5.77. The smallest absolute Gasteiger partial charge is 0.150 e. The van der Waals surface area contributed by atoms with Gasteiger partial charge in [-0.3, -0.25) is 9.69 Å². The highest BCUT2D eigenvalue weighted by atomic mass is 16.1. The van der Waals surface area contributed by atoms with Crippen LogP contribution in [0.15, 0.2) is 42.5 Å². The number of carbonyl (C=O) groups is 1. The third-order valence-electron chi connectivity index (χ3n) is 5.65. The van der Waals surface area contributed by atoms with Crippen molar-refractivity contribution in [3.63, 3.8) is 0 Å². The van der Waals surface area contributed by atoms with Gasteiger partial charge in [-0.1, -0.05) is 38.1 Å². The average molecular weight is 351 g/mol. The summed E-state index contributed by atoms with van der Waals surface area (Å²) in [5, 5.41) is 0. The predicted octanol–water partition coefficient (Wildman–Crippen LogP) is 4.81. The van der Waals surface area contributed by atoms with Crippen LogP contribution in [0.25, 0.3) is 0 Å². The second-order valence-corrected chi connectivity index (χ2v) is 7.68. The molecule has 0 spiro atoms. The van der Waals surface area contributed by atoms with Crippen LogP contribution in [0.5, 0.6) is 0 Å². The standard InChI is InChI=1S/C23H30N2O/c1-17(2)21-6-8-22(9-7-21)19(4)24-11-13-25(14-12-24)23-10-5-20(16-26)15-18(23)3/h5-10,15-17,19H,11-14H2,1-4H3/t19-/m0/s1. The van der Waals surface area contributed by atoms with Crippen molar-refractivity contribution in [3.05, 3.63) is 64.7 Å². The quantitative estimate of drug-likeness (QED) is 0.723. The van der Waals surface area contributed by atoms with Gasteiger partial charge in [0.1, 0.15) is 6.29 Å². The van der Waals surface area contributed by atoms with E-state index in [0.29, 0.717) is 12.0 Å². The normalized spacial score (nSPS) is 16.7. The second-order valence-electron chi connectivity index (χ2n) is 7.68. The van der Waals surface area contributed by atoms with Gasteiger partial charge in [0.15, 0.2) is 0 Å². The van der Waals surface area contributed by atoms with E-state index in [0.717, 1.165) is 38.0 Å². The summed E-state index contributed by atoms with van der Waals surface area (Å²) in [6.07, 6.45) is 0.918. The van der Waals surface area contributed by atoms with E-state index in [-0.39, 0.29) is 0 Å². The SMILES string of the molecule is Cc1cc(C=O)ccc1N1CCN([C@@H](C)c2ccc(C(C)C)cc2)CC1. The molecule has 0 aliphatic carbocycles. The van der Waals surface area contributed by atoms with Gasteiger partial charge in [0, 0.05) is 43.5 Å². The lowest BCUT2D eigenvalue weighted by molar-refractivity contribution is 0.112. The molecule has 1 aliphatic rings. The van der Waals surface area contributed by atoms with E-state index in [9.17, 15) is 4.79 Å². The van der Waals surface area contributed by atoms with E-state index in [2.05, 4.69) is 67.8 Å². The molecule has 3 rings (SSSR count).